The molecule has 6 nitrogen and oxygen atoms in total. The highest BCUT2D eigenvalue weighted by molar-refractivity contribution is 7.99. The minimum absolute atomic E-state index is 0.255. The number of carbonyl (C=O) groups excluding carboxylic acids is 1. The fourth-order valence-corrected chi connectivity index (χ4v) is 2.51. The van der Waals surface area contributed by atoms with Crippen LogP contribution in [0.5, 0.6) is 5.75 Å². The van der Waals surface area contributed by atoms with Crippen LogP contribution in [0.25, 0.3) is 11.4 Å². The van der Waals surface area contributed by atoms with Gasteiger partial charge in [0.05, 0.1) is 26.2 Å². The summed E-state index contributed by atoms with van der Waals surface area (Å²) in [6.07, 6.45) is 0.311. The molecule has 0 atom stereocenters. The van der Waals surface area contributed by atoms with Crippen LogP contribution in [0.1, 0.15) is 6.42 Å². The molecule has 0 radical (unpaired) electrons. The summed E-state index contributed by atoms with van der Waals surface area (Å²) in [5.74, 6) is 1.52. The maximum atomic E-state index is 11.0. The van der Waals surface area contributed by atoms with Gasteiger partial charge in [-0.15, -0.1) is 5.10 Å². The molecule has 0 aliphatic rings. The Kier molecular flexibility index (Phi) is 5.46. The van der Waals surface area contributed by atoms with E-state index in [4.69, 9.17) is 16.3 Å². The minimum atomic E-state index is -0.255. The van der Waals surface area contributed by atoms with E-state index in [2.05, 4.69) is 19.9 Å². The minimum Gasteiger partial charge on any atom is -0.496 e. The third kappa shape index (κ3) is 4.12. The van der Waals surface area contributed by atoms with Crippen molar-refractivity contribution in [2.24, 2.45) is 0 Å². The van der Waals surface area contributed by atoms with E-state index in [9.17, 15) is 4.79 Å². The van der Waals surface area contributed by atoms with Crippen LogP contribution < -0.4 is 4.74 Å². The van der Waals surface area contributed by atoms with Crippen molar-refractivity contribution >= 4 is 29.3 Å². The molecule has 0 spiro atoms. The molecule has 112 valence electrons. The lowest BCUT2D eigenvalue weighted by Gasteiger charge is -2.05. The third-order valence-corrected chi connectivity index (χ3v) is 3.73. The van der Waals surface area contributed by atoms with E-state index in [1.807, 2.05) is 0 Å². The Hall–Kier alpha value is -1.73. The number of H-pyrrole nitrogens is 1. The van der Waals surface area contributed by atoms with E-state index in [1.54, 1.807) is 25.3 Å². The molecule has 0 aliphatic heterocycles. The second-order valence-electron chi connectivity index (χ2n) is 3.99. The van der Waals surface area contributed by atoms with Gasteiger partial charge in [0.15, 0.2) is 5.82 Å². The van der Waals surface area contributed by atoms with Crippen LogP contribution in [0.3, 0.4) is 0 Å². The zero-order valence-electron chi connectivity index (χ0n) is 11.6. The summed E-state index contributed by atoms with van der Waals surface area (Å²) in [4.78, 5) is 15.4. The van der Waals surface area contributed by atoms with E-state index in [1.165, 1.54) is 18.9 Å². The van der Waals surface area contributed by atoms with E-state index in [-0.39, 0.29) is 5.97 Å². The highest BCUT2D eigenvalue weighted by atomic mass is 35.5. The van der Waals surface area contributed by atoms with Crippen LogP contribution in [-0.2, 0) is 9.53 Å². The second-order valence-corrected chi connectivity index (χ2v) is 5.48. The molecule has 0 saturated carbocycles. The lowest BCUT2D eigenvalue weighted by Crippen LogP contribution is -2.01. The number of thioether (sulfide) groups is 1. The Labute approximate surface area is 131 Å². The largest absolute Gasteiger partial charge is 0.496 e. The zero-order chi connectivity index (χ0) is 15.2. The molecular weight excluding hydrogens is 314 g/mol. The molecule has 0 saturated heterocycles. The topological polar surface area (TPSA) is 77.1 Å². The lowest BCUT2D eigenvalue weighted by molar-refractivity contribution is -0.140. The van der Waals surface area contributed by atoms with Crippen molar-refractivity contribution in [2.45, 2.75) is 11.6 Å². The highest BCUT2D eigenvalue weighted by Crippen LogP contribution is 2.31. The van der Waals surface area contributed by atoms with Crippen molar-refractivity contribution in [3.8, 4) is 17.1 Å². The maximum absolute atomic E-state index is 11.0. The number of carbonyl (C=O) groups is 1. The van der Waals surface area contributed by atoms with Crippen LogP contribution in [0.15, 0.2) is 23.4 Å². The number of rotatable bonds is 6. The van der Waals surface area contributed by atoms with Gasteiger partial charge < -0.3 is 9.47 Å². The summed E-state index contributed by atoms with van der Waals surface area (Å²) < 4.78 is 9.85. The third-order valence-electron chi connectivity index (χ3n) is 2.65. The molecule has 1 aromatic carbocycles. The lowest BCUT2D eigenvalue weighted by atomic mass is 10.2. The average Bonchev–Trinajstić information content (AvgIpc) is 2.95. The summed E-state index contributed by atoms with van der Waals surface area (Å²) in [6.45, 7) is 0. The van der Waals surface area contributed by atoms with Gasteiger partial charge in [-0.25, -0.2) is 4.98 Å². The zero-order valence-corrected chi connectivity index (χ0v) is 13.1. The fraction of sp³-hybridized carbons (Fsp3) is 0.308. The van der Waals surface area contributed by atoms with Crippen molar-refractivity contribution in [1.82, 2.24) is 15.2 Å². The van der Waals surface area contributed by atoms with Gasteiger partial charge in [0, 0.05) is 10.8 Å². The molecule has 2 rings (SSSR count). The molecule has 21 heavy (non-hydrogen) atoms. The Balaban J connectivity index is 2.09. The van der Waals surface area contributed by atoms with Gasteiger partial charge in [-0.3, -0.25) is 9.89 Å². The molecule has 0 unspecified atom stereocenters. The molecule has 2 aromatic rings. The summed E-state index contributed by atoms with van der Waals surface area (Å²) >= 11 is 7.36. The van der Waals surface area contributed by atoms with E-state index >= 15 is 0 Å². The Morgan fingerprint density at radius 1 is 1.43 bits per heavy atom. The van der Waals surface area contributed by atoms with Crippen molar-refractivity contribution < 1.29 is 14.3 Å². The summed E-state index contributed by atoms with van der Waals surface area (Å²) in [5, 5.41) is 8.07. The Morgan fingerprint density at radius 3 is 2.95 bits per heavy atom. The van der Waals surface area contributed by atoms with Gasteiger partial charge in [0.25, 0.3) is 0 Å². The molecule has 1 heterocycles. The number of aromatic amines is 1. The van der Waals surface area contributed by atoms with Crippen LogP contribution >= 0.6 is 23.4 Å². The van der Waals surface area contributed by atoms with Gasteiger partial charge >= 0.3 is 5.97 Å². The average molecular weight is 328 g/mol. The number of esters is 1. The number of nitrogens with zero attached hydrogens (tertiary/aromatic N) is 2. The molecule has 8 heteroatoms. The smallest absolute Gasteiger partial charge is 0.306 e. The fourth-order valence-electron chi connectivity index (χ4n) is 1.62. The molecule has 1 aromatic heterocycles. The molecule has 1 N–H and O–H groups in total. The first-order valence-corrected chi connectivity index (χ1v) is 7.46. The van der Waals surface area contributed by atoms with Gasteiger partial charge in [-0.05, 0) is 18.2 Å². The summed E-state index contributed by atoms with van der Waals surface area (Å²) in [5.41, 5.74) is 0.734. The number of aromatic nitrogens is 3. The summed E-state index contributed by atoms with van der Waals surface area (Å²) in [6, 6.07) is 5.26. The van der Waals surface area contributed by atoms with E-state index in [0.29, 0.717) is 33.9 Å². The van der Waals surface area contributed by atoms with E-state index in [0.717, 1.165) is 5.56 Å². The first kappa shape index (κ1) is 15.7. The van der Waals surface area contributed by atoms with Crippen molar-refractivity contribution in [2.75, 3.05) is 20.0 Å². The van der Waals surface area contributed by atoms with Gasteiger partial charge in [-0.2, -0.15) is 0 Å². The van der Waals surface area contributed by atoms with Crippen LogP contribution in [-0.4, -0.2) is 41.1 Å². The number of hydrogen-bond acceptors (Lipinski definition) is 6. The molecule has 0 fully saturated rings. The van der Waals surface area contributed by atoms with Gasteiger partial charge in [-0.1, -0.05) is 23.4 Å². The number of ether oxygens (including phenoxy) is 2. The SMILES string of the molecule is COC(=O)CCSc1n[nH]c(-c2cc(Cl)ccc2OC)n1. The van der Waals surface area contributed by atoms with E-state index < -0.39 is 0 Å². The van der Waals surface area contributed by atoms with Crippen LogP contribution in [0, 0.1) is 0 Å². The van der Waals surface area contributed by atoms with Crippen molar-refractivity contribution in [3.05, 3.63) is 23.2 Å². The normalized spacial score (nSPS) is 10.4. The van der Waals surface area contributed by atoms with Gasteiger partial charge in [0.2, 0.25) is 5.16 Å². The molecular formula is C13H14ClN3O3S. The highest BCUT2D eigenvalue weighted by Gasteiger charge is 2.12. The standard InChI is InChI=1S/C13H14ClN3O3S/c1-19-10-4-3-8(14)7-9(10)12-15-13(17-16-12)21-6-5-11(18)20-2/h3-4,7H,5-6H2,1-2H3,(H,15,16,17). The number of methoxy groups -OCH3 is 2. The number of hydrogen-bond donors (Lipinski definition) is 1. The molecule has 0 bridgehead atoms. The second kappa shape index (κ2) is 7.33. The number of nitrogens with one attached hydrogen (secondary N) is 1. The van der Waals surface area contributed by atoms with Crippen LogP contribution in [0.4, 0.5) is 0 Å². The van der Waals surface area contributed by atoms with Gasteiger partial charge in [0.1, 0.15) is 5.75 Å². The molecule has 0 amide bonds. The Morgan fingerprint density at radius 2 is 2.24 bits per heavy atom. The van der Waals surface area contributed by atoms with Crippen molar-refractivity contribution in [3.63, 3.8) is 0 Å². The summed E-state index contributed by atoms with van der Waals surface area (Å²) in [7, 11) is 2.94. The number of halogens is 1. The number of benzene rings is 1. The molecule has 0 aliphatic carbocycles. The van der Waals surface area contributed by atoms with Crippen molar-refractivity contribution in [1.29, 1.82) is 0 Å². The Bertz CT molecular complexity index is 633. The predicted octanol–water partition coefficient (Wildman–Crippen LogP) is 2.79. The quantitative estimate of drug-likeness (QED) is 0.649. The first-order valence-electron chi connectivity index (χ1n) is 6.10. The van der Waals surface area contributed by atoms with Crippen LogP contribution in [0.2, 0.25) is 5.02 Å². The maximum Gasteiger partial charge on any atom is 0.306 e. The first-order chi connectivity index (χ1) is 10.1. The predicted molar refractivity (Wildman–Crippen MR) is 80.7 cm³/mol. The monoisotopic (exact) mass is 327 g/mol.